The maximum absolute atomic E-state index is 11.5. The Hall–Kier alpha value is -2.59. The Morgan fingerprint density at radius 1 is 1.00 bits per heavy atom. The third kappa shape index (κ3) is 4.28. The molecule has 0 aliphatic carbocycles. The lowest BCUT2D eigenvalue weighted by molar-refractivity contribution is -0.385. The fourth-order valence-corrected chi connectivity index (χ4v) is 2.38. The highest BCUT2D eigenvalue weighted by Crippen LogP contribution is 2.35. The van der Waals surface area contributed by atoms with E-state index in [4.69, 9.17) is 4.74 Å². The number of hydrogen-bond acceptors (Lipinski definition) is 7. The van der Waals surface area contributed by atoms with Crippen molar-refractivity contribution >= 4 is 49.2 Å². The van der Waals surface area contributed by atoms with Crippen LogP contribution in [0.4, 0.5) is 17.3 Å². The van der Waals surface area contributed by atoms with Crippen LogP contribution < -0.4 is 10.1 Å². The number of benzene rings is 1. The Balaban J connectivity index is 1.94. The van der Waals surface area contributed by atoms with Crippen LogP contribution >= 0.6 is 31.9 Å². The van der Waals surface area contributed by atoms with E-state index in [1.807, 2.05) is 0 Å². The zero-order valence-electron chi connectivity index (χ0n) is 12.4. The third-order valence-corrected chi connectivity index (χ3v) is 3.97. The molecule has 0 aliphatic heterocycles. The molecule has 8 nitrogen and oxygen atoms in total. The van der Waals surface area contributed by atoms with Crippen molar-refractivity contribution in [2.75, 3.05) is 5.32 Å². The predicted molar refractivity (Wildman–Crippen MR) is 98.1 cm³/mol. The first-order valence-corrected chi connectivity index (χ1v) is 8.43. The van der Waals surface area contributed by atoms with Gasteiger partial charge in [-0.3, -0.25) is 10.1 Å². The molecule has 0 saturated carbocycles. The minimum Gasteiger partial charge on any atom is -0.434 e. The molecule has 126 valence electrons. The summed E-state index contributed by atoms with van der Waals surface area (Å²) in [6, 6.07) is 10.3. The highest BCUT2D eigenvalue weighted by atomic mass is 79.9. The highest BCUT2D eigenvalue weighted by Gasteiger charge is 2.25. The summed E-state index contributed by atoms with van der Waals surface area (Å²) in [4.78, 5) is 22.8. The van der Waals surface area contributed by atoms with Crippen LogP contribution in [0.3, 0.4) is 0 Å². The molecular formula is C15H9Br2N5O3. The fourth-order valence-electron chi connectivity index (χ4n) is 1.88. The summed E-state index contributed by atoms with van der Waals surface area (Å²) in [7, 11) is 0. The van der Waals surface area contributed by atoms with Crippen LogP contribution in [-0.4, -0.2) is 19.9 Å². The van der Waals surface area contributed by atoms with Crippen LogP contribution in [-0.2, 0) is 0 Å². The van der Waals surface area contributed by atoms with Crippen molar-refractivity contribution in [2.24, 2.45) is 0 Å². The van der Waals surface area contributed by atoms with E-state index in [0.29, 0.717) is 11.6 Å². The van der Waals surface area contributed by atoms with E-state index in [9.17, 15) is 10.1 Å². The van der Waals surface area contributed by atoms with Crippen molar-refractivity contribution in [1.29, 1.82) is 0 Å². The van der Waals surface area contributed by atoms with Crippen molar-refractivity contribution < 1.29 is 9.66 Å². The summed E-state index contributed by atoms with van der Waals surface area (Å²) in [6.07, 6.45) is 2.75. The highest BCUT2D eigenvalue weighted by molar-refractivity contribution is 9.10. The van der Waals surface area contributed by atoms with E-state index >= 15 is 0 Å². The summed E-state index contributed by atoms with van der Waals surface area (Å²) in [5, 5.41) is 14.3. The van der Waals surface area contributed by atoms with E-state index in [0.717, 1.165) is 8.95 Å². The molecular weight excluding hydrogens is 458 g/mol. The molecule has 0 aliphatic rings. The normalized spacial score (nSPS) is 10.3. The van der Waals surface area contributed by atoms with E-state index < -0.39 is 4.92 Å². The molecule has 0 fully saturated rings. The molecule has 0 saturated heterocycles. The topological polar surface area (TPSA) is 103 Å². The molecule has 0 spiro atoms. The molecule has 1 aromatic carbocycles. The Morgan fingerprint density at radius 2 is 1.72 bits per heavy atom. The van der Waals surface area contributed by atoms with Gasteiger partial charge < -0.3 is 10.1 Å². The first kappa shape index (κ1) is 17.2. The molecule has 3 aromatic rings. The standard InChI is InChI=1S/C15H9Br2N5O3/c16-9-1-4-11(5-2-9)25-15-13(22(23)24)14(19-8-20-15)21-12-6-3-10(17)7-18-12/h1-8H,(H,18,19,20,21). The number of nitrogens with one attached hydrogen (secondary N) is 1. The van der Waals surface area contributed by atoms with Crippen LogP contribution in [0, 0.1) is 10.1 Å². The SMILES string of the molecule is O=[N+]([O-])c1c(Nc2ccc(Br)cn2)ncnc1Oc1ccc(Br)cc1. The number of ether oxygens (including phenoxy) is 1. The van der Waals surface area contributed by atoms with Gasteiger partial charge in [0.15, 0.2) is 0 Å². The molecule has 0 atom stereocenters. The number of nitro groups is 1. The van der Waals surface area contributed by atoms with Crippen LogP contribution in [0.2, 0.25) is 0 Å². The van der Waals surface area contributed by atoms with Crippen molar-refractivity contribution in [1.82, 2.24) is 15.0 Å². The second-order valence-electron chi connectivity index (χ2n) is 4.68. The largest absolute Gasteiger partial charge is 0.434 e. The Morgan fingerprint density at radius 3 is 2.36 bits per heavy atom. The molecule has 25 heavy (non-hydrogen) atoms. The molecule has 0 amide bonds. The summed E-state index contributed by atoms with van der Waals surface area (Å²) in [6.45, 7) is 0. The minimum atomic E-state index is -0.602. The van der Waals surface area contributed by atoms with E-state index in [-0.39, 0.29) is 17.4 Å². The number of pyridine rings is 1. The van der Waals surface area contributed by atoms with Crippen LogP contribution in [0.1, 0.15) is 0 Å². The van der Waals surface area contributed by atoms with Crippen molar-refractivity contribution in [3.63, 3.8) is 0 Å². The van der Waals surface area contributed by atoms with Crippen molar-refractivity contribution in [3.8, 4) is 11.6 Å². The van der Waals surface area contributed by atoms with Gasteiger partial charge in [-0.05, 0) is 52.3 Å². The van der Waals surface area contributed by atoms with Gasteiger partial charge in [0, 0.05) is 15.1 Å². The molecule has 1 N–H and O–H groups in total. The van der Waals surface area contributed by atoms with Gasteiger partial charge in [-0.1, -0.05) is 15.9 Å². The summed E-state index contributed by atoms with van der Waals surface area (Å²) in [5.74, 6) is 0.640. The van der Waals surface area contributed by atoms with Gasteiger partial charge in [0.25, 0.3) is 0 Å². The molecule has 0 bridgehead atoms. The predicted octanol–water partition coefficient (Wildman–Crippen LogP) is 4.84. The van der Waals surface area contributed by atoms with Gasteiger partial charge in [-0.25, -0.2) is 9.97 Å². The van der Waals surface area contributed by atoms with Crippen molar-refractivity contribution in [3.05, 3.63) is 68.0 Å². The number of nitrogens with zero attached hydrogens (tertiary/aromatic N) is 4. The zero-order valence-corrected chi connectivity index (χ0v) is 15.6. The number of anilines is 2. The first-order valence-electron chi connectivity index (χ1n) is 6.84. The number of aromatic nitrogens is 3. The van der Waals surface area contributed by atoms with Gasteiger partial charge in [0.05, 0.1) is 4.92 Å². The number of rotatable bonds is 5. The monoisotopic (exact) mass is 465 g/mol. The first-order chi connectivity index (χ1) is 12.0. The quantitative estimate of drug-likeness (QED) is 0.423. The molecule has 0 unspecified atom stereocenters. The summed E-state index contributed by atoms with van der Waals surface area (Å²) in [5.41, 5.74) is -0.380. The molecule has 2 aromatic heterocycles. The van der Waals surface area contributed by atoms with Crippen molar-refractivity contribution in [2.45, 2.75) is 0 Å². The second-order valence-corrected chi connectivity index (χ2v) is 6.51. The second kappa shape index (κ2) is 7.53. The van der Waals surface area contributed by atoms with E-state index in [2.05, 4.69) is 52.1 Å². The zero-order chi connectivity index (χ0) is 17.8. The van der Waals surface area contributed by atoms with Gasteiger partial charge in [0.2, 0.25) is 5.82 Å². The lowest BCUT2D eigenvalue weighted by atomic mass is 10.3. The molecule has 2 heterocycles. The Bertz CT molecular complexity index is 838. The molecule has 0 radical (unpaired) electrons. The van der Waals surface area contributed by atoms with Gasteiger partial charge >= 0.3 is 11.6 Å². The summed E-state index contributed by atoms with van der Waals surface area (Å²) < 4.78 is 7.19. The lowest BCUT2D eigenvalue weighted by Crippen LogP contribution is -2.04. The van der Waals surface area contributed by atoms with Gasteiger partial charge in [0.1, 0.15) is 17.9 Å². The van der Waals surface area contributed by atoms with E-state index in [1.54, 1.807) is 42.6 Å². The maximum Gasteiger partial charge on any atom is 0.373 e. The van der Waals surface area contributed by atoms with Crippen LogP contribution in [0.5, 0.6) is 11.6 Å². The Kier molecular flexibility index (Phi) is 5.19. The minimum absolute atomic E-state index is 0.0121. The number of halogens is 2. The molecule has 3 rings (SSSR count). The maximum atomic E-state index is 11.5. The van der Waals surface area contributed by atoms with Crippen LogP contribution in [0.25, 0.3) is 0 Å². The van der Waals surface area contributed by atoms with Crippen LogP contribution in [0.15, 0.2) is 57.9 Å². The smallest absolute Gasteiger partial charge is 0.373 e. The lowest BCUT2D eigenvalue weighted by Gasteiger charge is -2.09. The van der Waals surface area contributed by atoms with E-state index in [1.165, 1.54) is 6.33 Å². The summed E-state index contributed by atoms with van der Waals surface area (Å²) >= 11 is 6.59. The average Bonchev–Trinajstić information content (AvgIpc) is 2.59. The average molecular weight is 467 g/mol. The number of hydrogen-bond donors (Lipinski definition) is 1. The molecule has 10 heteroatoms. The third-order valence-electron chi connectivity index (χ3n) is 2.97. The Labute approximate surface area is 158 Å². The van der Waals surface area contributed by atoms with Gasteiger partial charge in [-0.15, -0.1) is 0 Å². The fraction of sp³-hybridized carbons (Fsp3) is 0. The van der Waals surface area contributed by atoms with Gasteiger partial charge in [-0.2, -0.15) is 4.98 Å².